The van der Waals surface area contributed by atoms with E-state index < -0.39 is 6.18 Å². The maximum Gasteiger partial charge on any atom is 0.412 e. The zero-order chi connectivity index (χ0) is 9.47. The molecule has 0 N–H and O–H groups in total. The monoisotopic (exact) mass is 188 g/mol. The normalized spacial score (nSPS) is 23.9. The SMILES string of the molecule is FC(F)(F)C1=CC=C(C2CC2)CC1. The van der Waals surface area contributed by atoms with Crippen LogP contribution in [0.2, 0.25) is 0 Å². The molecule has 0 nitrogen and oxygen atoms in total. The van der Waals surface area contributed by atoms with Crippen LogP contribution in [0.25, 0.3) is 0 Å². The fourth-order valence-corrected chi connectivity index (χ4v) is 1.68. The maximum atomic E-state index is 12.2. The molecule has 0 amide bonds. The fourth-order valence-electron chi connectivity index (χ4n) is 1.68. The Bertz CT molecular complexity index is 266. The molecule has 2 rings (SSSR count). The zero-order valence-electron chi connectivity index (χ0n) is 7.19. The number of allylic oxidation sites excluding steroid dienone is 4. The molecule has 0 aromatic rings. The molecule has 0 radical (unpaired) electrons. The van der Waals surface area contributed by atoms with Crippen LogP contribution in [0.5, 0.6) is 0 Å². The van der Waals surface area contributed by atoms with Gasteiger partial charge < -0.3 is 0 Å². The summed E-state index contributed by atoms with van der Waals surface area (Å²) in [6.45, 7) is 0. The van der Waals surface area contributed by atoms with Crippen molar-refractivity contribution in [1.82, 2.24) is 0 Å². The van der Waals surface area contributed by atoms with Gasteiger partial charge in [-0.15, -0.1) is 0 Å². The third-order valence-electron chi connectivity index (χ3n) is 2.65. The van der Waals surface area contributed by atoms with Gasteiger partial charge in [-0.3, -0.25) is 0 Å². The number of halogens is 3. The fraction of sp³-hybridized carbons (Fsp3) is 0.600. The summed E-state index contributed by atoms with van der Waals surface area (Å²) < 4.78 is 36.6. The Morgan fingerprint density at radius 3 is 2.15 bits per heavy atom. The molecule has 0 aromatic heterocycles. The van der Waals surface area contributed by atoms with Crippen molar-refractivity contribution in [2.45, 2.75) is 31.9 Å². The number of rotatable bonds is 1. The second-order valence-electron chi connectivity index (χ2n) is 3.71. The predicted molar refractivity (Wildman–Crippen MR) is 44.2 cm³/mol. The van der Waals surface area contributed by atoms with Gasteiger partial charge in [-0.1, -0.05) is 17.7 Å². The highest BCUT2D eigenvalue weighted by Crippen LogP contribution is 2.42. The van der Waals surface area contributed by atoms with Crippen LogP contribution in [-0.2, 0) is 0 Å². The summed E-state index contributed by atoms with van der Waals surface area (Å²) in [6.07, 6.45) is 1.91. The van der Waals surface area contributed by atoms with Crippen molar-refractivity contribution >= 4 is 0 Å². The van der Waals surface area contributed by atoms with E-state index in [2.05, 4.69) is 0 Å². The molecule has 0 atom stereocenters. The van der Waals surface area contributed by atoms with E-state index in [-0.39, 0.29) is 12.0 Å². The topological polar surface area (TPSA) is 0 Å². The minimum atomic E-state index is -4.12. The third kappa shape index (κ3) is 1.95. The Labute approximate surface area is 75.1 Å². The molecule has 0 aromatic carbocycles. The molecule has 0 aliphatic heterocycles. The molecule has 0 heterocycles. The van der Waals surface area contributed by atoms with Gasteiger partial charge in [0.15, 0.2) is 0 Å². The summed E-state index contributed by atoms with van der Waals surface area (Å²) in [5.41, 5.74) is 0.838. The number of hydrogen-bond acceptors (Lipinski definition) is 0. The average Bonchev–Trinajstić information content (AvgIpc) is 2.85. The molecule has 0 unspecified atom stereocenters. The van der Waals surface area contributed by atoms with Crippen LogP contribution < -0.4 is 0 Å². The Hall–Kier alpha value is -0.730. The zero-order valence-corrected chi connectivity index (χ0v) is 7.19. The van der Waals surface area contributed by atoms with Crippen LogP contribution in [0, 0.1) is 5.92 Å². The molecular formula is C10H11F3. The van der Waals surface area contributed by atoms with Crippen molar-refractivity contribution in [1.29, 1.82) is 0 Å². The van der Waals surface area contributed by atoms with Crippen molar-refractivity contribution in [2.24, 2.45) is 5.92 Å². The maximum absolute atomic E-state index is 12.2. The van der Waals surface area contributed by atoms with Crippen LogP contribution >= 0.6 is 0 Å². The Balaban J connectivity index is 2.09. The lowest BCUT2D eigenvalue weighted by atomic mass is 9.95. The van der Waals surface area contributed by atoms with E-state index in [0.717, 1.165) is 0 Å². The first-order chi connectivity index (χ1) is 6.07. The van der Waals surface area contributed by atoms with Gasteiger partial charge in [-0.05, 0) is 31.6 Å². The van der Waals surface area contributed by atoms with Gasteiger partial charge in [-0.2, -0.15) is 13.2 Å². The van der Waals surface area contributed by atoms with Gasteiger partial charge >= 0.3 is 6.18 Å². The van der Waals surface area contributed by atoms with E-state index in [1.807, 2.05) is 0 Å². The van der Waals surface area contributed by atoms with Crippen molar-refractivity contribution < 1.29 is 13.2 Å². The largest absolute Gasteiger partial charge is 0.412 e. The van der Waals surface area contributed by atoms with Crippen LogP contribution in [0.3, 0.4) is 0 Å². The first kappa shape index (κ1) is 8.85. The lowest BCUT2D eigenvalue weighted by Gasteiger charge is -2.16. The van der Waals surface area contributed by atoms with E-state index in [1.54, 1.807) is 6.08 Å². The van der Waals surface area contributed by atoms with Crippen molar-refractivity contribution in [3.05, 3.63) is 23.3 Å². The Kier molecular flexibility index (Phi) is 1.97. The van der Waals surface area contributed by atoms with E-state index in [9.17, 15) is 13.2 Å². The van der Waals surface area contributed by atoms with E-state index in [4.69, 9.17) is 0 Å². The molecule has 2 aliphatic carbocycles. The second kappa shape index (κ2) is 2.89. The van der Waals surface area contributed by atoms with Crippen LogP contribution in [-0.4, -0.2) is 6.18 Å². The number of hydrogen-bond donors (Lipinski definition) is 0. The first-order valence-corrected chi connectivity index (χ1v) is 4.54. The highest BCUT2D eigenvalue weighted by atomic mass is 19.4. The smallest absolute Gasteiger partial charge is 0.166 e. The molecule has 0 spiro atoms. The summed E-state index contributed by atoms with van der Waals surface area (Å²) in [6, 6.07) is 0. The van der Waals surface area contributed by atoms with Crippen LogP contribution in [0.4, 0.5) is 13.2 Å². The summed E-state index contributed by atoms with van der Waals surface area (Å²) in [4.78, 5) is 0. The van der Waals surface area contributed by atoms with Crippen molar-refractivity contribution in [2.75, 3.05) is 0 Å². The molecule has 13 heavy (non-hydrogen) atoms. The lowest BCUT2D eigenvalue weighted by Crippen LogP contribution is -2.13. The van der Waals surface area contributed by atoms with Gasteiger partial charge in [0.2, 0.25) is 0 Å². The highest BCUT2D eigenvalue weighted by Gasteiger charge is 2.35. The Morgan fingerprint density at radius 2 is 1.77 bits per heavy atom. The van der Waals surface area contributed by atoms with Gasteiger partial charge in [0.25, 0.3) is 0 Å². The van der Waals surface area contributed by atoms with E-state index in [1.165, 1.54) is 24.5 Å². The van der Waals surface area contributed by atoms with Crippen LogP contribution in [0.15, 0.2) is 23.3 Å². The van der Waals surface area contributed by atoms with Crippen molar-refractivity contribution in [3.63, 3.8) is 0 Å². The van der Waals surface area contributed by atoms with Gasteiger partial charge in [0.05, 0.1) is 0 Å². The first-order valence-electron chi connectivity index (χ1n) is 4.54. The summed E-state index contributed by atoms with van der Waals surface area (Å²) in [7, 11) is 0. The molecule has 1 saturated carbocycles. The molecule has 2 aliphatic rings. The summed E-state index contributed by atoms with van der Waals surface area (Å²) >= 11 is 0. The molecular weight excluding hydrogens is 177 g/mol. The highest BCUT2D eigenvalue weighted by molar-refractivity contribution is 5.29. The Morgan fingerprint density at radius 1 is 1.08 bits per heavy atom. The van der Waals surface area contributed by atoms with E-state index >= 15 is 0 Å². The average molecular weight is 188 g/mol. The minimum Gasteiger partial charge on any atom is -0.166 e. The number of alkyl halides is 3. The van der Waals surface area contributed by atoms with Gasteiger partial charge in [0, 0.05) is 5.57 Å². The molecule has 1 fully saturated rings. The second-order valence-corrected chi connectivity index (χ2v) is 3.71. The molecule has 0 saturated heterocycles. The van der Waals surface area contributed by atoms with E-state index in [0.29, 0.717) is 12.3 Å². The molecule has 0 bridgehead atoms. The summed E-state index contributed by atoms with van der Waals surface area (Å²) in [5, 5.41) is 0. The quantitative estimate of drug-likeness (QED) is 0.589. The summed E-state index contributed by atoms with van der Waals surface area (Å²) in [5.74, 6) is 0.603. The molecule has 3 heteroatoms. The minimum absolute atomic E-state index is 0.172. The van der Waals surface area contributed by atoms with Gasteiger partial charge in [0.1, 0.15) is 0 Å². The predicted octanol–water partition coefficient (Wildman–Crippen LogP) is 3.61. The third-order valence-corrected chi connectivity index (χ3v) is 2.65. The van der Waals surface area contributed by atoms with Crippen LogP contribution in [0.1, 0.15) is 25.7 Å². The molecule has 72 valence electrons. The van der Waals surface area contributed by atoms with Crippen molar-refractivity contribution in [3.8, 4) is 0 Å². The lowest BCUT2D eigenvalue weighted by molar-refractivity contribution is -0.0941. The van der Waals surface area contributed by atoms with Gasteiger partial charge in [-0.25, -0.2) is 0 Å². The standard InChI is InChI=1S/C10H11F3/c11-10(12,13)9-5-3-8(4-6-9)7-1-2-7/h3,5,7H,1-2,4,6H2.